The second-order valence-corrected chi connectivity index (χ2v) is 11.5. The van der Waals surface area contributed by atoms with Crippen molar-refractivity contribution in [1.82, 2.24) is 19.4 Å². The summed E-state index contributed by atoms with van der Waals surface area (Å²) in [4.78, 5) is 46.1. The average Bonchev–Trinajstić information content (AvgIpc) is 3.72. The van der Waals surface area contributed by atoms with Gasteiger partial charge in [0.05, 0.1) is 18.3 Å². The van der Waals surface area contributed by atoms with Gasteiger partial charge in [-0.2, -0.15) is 0 Å². The number of aromatic nitrogens is 2. The van der Waals surface area contributed by atoms with Crippen molar-refractivity contribution in [2.45, 2.75) is 38.0 Å². The van der Waals surface area contributed by atoms with Crippen molar-refractivity contribution in [3.05, 3.63) is 95.3 Å². The molecule has 238 valence electrons. The molecular formula is C34H33F2N5O5. The van der Waals surface area contributed by atoms with E-state index in [1.54, 1.807) is 6.07 Å². The second kappa shape index (κ2) is 12.7. The van der Waals surface area contributed by atoms with Gasteiger partial charge in [0.1, 0.15) is 41.0 Å². The number of benzene rings is 3. The lowest BCUT2D eigenvalue weighted by Crippen LogP contribution is -2.41. The quantitative estimate of drug-likeness (QED) is 0.248. The number of carbonyl (C=O) groups is 3. The van der Waals surface area contributed by atoms with Gasteiger partial charge in [-0.1, -0.05) is 24.3 Å². The van der Waals surface area contributed by atoms with Gasteiger partial charge in [0.2, 0.25) is 0 Å². The van der Waals surface area contributed by atoms with Gasteiger partial charge in [0.15, 0.2) is 0 Å². The number of rotatable bonds is 10. The Kier molecular flexibility index (Phi) is 8.55. The smallest absolute Gasteiger partial charge is 0.326 e. The number of carbonyl (C=O) groups excluding carboxylic acids is 2. The van der Waals surface area contributed by atoms with Crippen molar-refractivity contribution in [3.8, 4) is 28.3 Å². The highest BCUT2D eigenvalue weighted by atomic mass is 19.1. The van der Waals surface area contributed by atoms with Crippen LogP contribution in [0, 0.1) is 11.6 Å². The molecule has 2 aliphatic rings. The predicted octanol–water partition coefficient (Wildman–Crippen LogP) is 4.47. The molecule has 2 aliphatic heterocycles. The van der Waals surface area contributed by atoms with Crippen molar-refractivity contribution in [2.75, 3.05) is 19.6 Å². The Bertz CT molecular complexity index is 1830. The van der Waals surface area contributed by atoms with Crippen molar-refractivity contribution in [1.29, 1.82) is 0 Å². The van der Waals surface area contributed by atoms with Crippen molar-refractivity contribution in [3.63, 3.8) is 0 Å². The summed E-state index contributed by atoms with van der Waals surface area (Å²) in [5, 5.41) is 9.98. The molecule has 4 aromatic rings. The molecule has 2 amide bonds. The van der Waals surface area contributed by atoms with Crippen LogP contribution in [0.25, 0.3) is 22.5 Å². The number of halogens is 2. The summed E-state index contributed by atoms with van der Waals surface area (Å²) >= 11 is 0. The summed E-state index contributed by atoms with van der Waals surface area (Å²) in [6, 6.07) is 14.9. The third-order valence-corrected chi connectivity index (χ3v) is 8.56. The molecule has 1 aromatic heterocycles. The minimum absolute atomic E-state index is 0.0000426. The number of hydrogen-bond acceptors (Lipinski definition) is 6. The lowest BCUT2D eigenvalue weighted by molar-refractivity contribution is -0.141. The van der Waals surface area contributed by atoms with E-state index in [9.17, 15) is 28.3 Å². The lowest BCUT2D eigenvalue weighted by atomic mass is 9.97. The zero-order valence-electron chi connectivity index (χ0n) is 25.2. The zero-order chi connectivity index (χ0) is 32.5. The number of aliphatic carboxylic acids is 1. The molecule has 10 nitrogen and oxygen atoms in total. The molecule has 1 saturated heterocycles. The monoisotopic (exact) mass is 629 g/mol. The van der Waals surface area contributed by atoms with Gasteiger partial charge in [-0.15, -0.1) is 0 Å². The summed E-state index contributed by atoms with van der Waals surface area (Å²) in [5.41, 5.74) is 9.06. The summed E-state index contributed by atoms with van der Waals surface area (Å²) in [6.45, 7) is 1.72. The number of unbranched alkanes of at least 4 members (excludes halogenated alkanes) is 1. The predicted molar refractivity (Wildman–Crippen MR) is 165 cm³/mol. The molecule has 6 rings (SSSR count). The van der Waals surface area contributed by atoms with Gasteiger partial charge >= 0.3 is 5.97 Å². The molecule has 3 N–H and O–H groups in total. The average molecular weight is 630 g/mol. The highest BCUT2D eigenvalue weighted by molar-refractivity contribution is 6.00. The highest BCUT2D eigenvalue weighted by Gasteiger charge is 2.42. The van der Waals surface area contributed by atoms with E-state index in [0.717, 1.165) is 41.7 Å². The minimum Gasteiger partial charge on any atom is -0.488 e. The fourth-order valence-corrected chi connectivity index (χ4v) is 6.24. The first-order chi connectivity index (χ1) is 22.2. The number of fused-ring (bicyclic) bond motifs is 1. The number of ether oxygens (including phenoxy) is 1. The molecule has 0 aliphatic carbocycles. The molecule has 12 heteroatoms. The Balaban J connectivity index is 1.20. The minimum atomic E-state index is -1.18. The van der Waals surface area contributed by atoms with Gasteiger partial charge in [-0.25, -0.2) is 18.6 Å². The molecule has 2 atom stereocenters. The summed E-state index contributed by atoms with van der Waals surface area (Å²) in [6.07, 6.45) is 2.36. The number of nitrogens with zero attached hydrogens (tertiary/aromatic N) is 4. The molecule has 3 aromatic carbocycles. The number of likely N-dealkylation sites (tertiary alicyclic amines) is 1. The largest absolute Gasteiger partial charge is 0.488 e. The van der Waals surface area contributed by atoms with Crippen LogP contribution in [0.1, 0.15) is 45.7 Å². The maximum Gasteiger partial charge on any atom is 0.326 e. The van der Waals surface area contributed by atoms with Gasteiger partial charge in [-0.05, 0) is 66.4 Å². The van der Waals surface area contributed by atoms with Crippen molar-refractivity contribution in [2.24, 2.45) is 12.8 Å². The van der Waals surface area contributed by atoms with E-state index < -0.39 is 35.7 Å². The molecule has 46 heavy (non-hydrogen) atoms. The van der Waals surface area contributed by atoms with Crippen LogP contribution in [0.15, 0.2) is 66.9 Å². The van der Waals surface area contributed by atoms with Crippen LogP contribution in [-0.4, -0.2) is 74.0 Å². The number of carboxylic acids is 1. The van der Waals surface area contributed by atoms with E-state index in [4.69, 9.17) is 10.5 Å². The number of imidazole rings is 1. The zero-order valence-corrected chi connectivity index (χ0v) is 25.2. The maximum absolute atomic E-state index is 14.4. The highest BCUT2D eigenvalue weighted by Crippen LogP contribution is 2.35. The molecule has 2 unspecified atom stereocenters. The summed E-state index contributed by atoms with van der Waals surface area (Å²) in [7, 11) is 1.51. The Hall–Kier alpha value is -5.10. The van der Waals surface area contributed by atoms with Crippen LogP contribution >= 0.6 is 0 Å². The third kappa shape index (κ3) is 5.83. The standard InChI is InChI=1S/C34H33F2N5O5/c1-39-30(17-38-31(39)26-11-10-21(35)15-28(26)36)33(43)41-18-23(16-29(41)34(44)45)46-22-7-4-6-20(14-22)24-8-5-9-25-27(24)19-40(32(25)42)13-3-2-12-37/h4-11,14-15,17,23,29H,2-3,12-13,16,18-19,37H2,1H3,(H,44,45). The first-order valence-corrected chi connectivity index (χ1v) is 15.1. The number of nitrogens with two attached hydrogens (primary N) is 1. The fraction of sp³-hybridized carbons (Fsp3) is 0.294. The van der Waals surface area contributed by atoms with E-state index >= 15 is 0 Å². The van der Waals surface area contributed by atoms with E-state index in [0.29, 0.717) is 30.9 Å². The molecule has 3 heterocycles. The molecule has 0 radical (unpaired) electrons. The molecule has 0 saturated carbocycles. The molecule has 1 fully saturated rings. The SMILES string of the molecule is Cn1c(C(=O)N2CC(Oc3cccc(-c4cccc5c4CN(CCCCN)C5=O)c3)CC2C(=O)O)cnc1-c1ccc(F)cc1F. The van der Waals surface area contributed by atoms with Crippen LogP contribution in [0.4, 0.5) is 8.78 Å². The van der Waals surface area contributed by atoms with E-state index in [1.807, 2.05) is 41.3 Å². The lowest BCUT2D eigenvalue weighted by Gasteiger charge is -2.21. The van der Waals surface area contributed by atoms with Gasteiger partial charge in [0, 0.05) is 38.2 Å². The second-order valence-electron chi connectivity index (χ2n) is 11.5. The van der Waals surface area contributed by atoms with Crippen LogP contribution < -0.4 is 10.5 Å². The van der Waals surface area contributed by atoms with Crippen LogP contribution in [-0.2, 0) is 18.4 Å². The number of hydrogen-bond donors (Lipinski definition) is 2. The molecule has 0 spiro atoms. The summed E-state index contributed by atoms with van der Waals surface area (Å²) < 4.78 is 35.5. The van der Waals surface area contributed by atoms with Crippen molar-refractivity contribution >= 4 is 17.8 Å². The Morgan fingerprint density at radius 1 is 1.04 bits per heavy atom. The van der Waals surface area contributed by atoms with Gasteiger partial charge < -0.3 is 29.9 Å². The van der Waals surface area contributed by atoms with Crippen molar-refractivity contribution < 1.29 is 33.0 Å². The normalized spacial score (nSPS) is 17.4. The summed E-state index contributed by atoms with van der Waals surface area (Å²) in [5.74, 6) is -2.76. The molecule has 0 bridgehead atoms. The van der Waals surface area contributed by atoms with E-state index in [2.05, 4.69) is 4.98 Å². The maximum atomic E-state index is 14.4. The fourth-order valence-electron chi connectivity index (χ4n) is 6.24. The Labute approximate surface area is 264 Å². The Morgan fingerprint density at radius 3 is 2.59 bits per heavy atom. The first kappa shape index (κ1) is 30.9. The van der Waals surface area contributed by atoms with E-state index in [-0.39, 0.29) is 36.0 Å². The van der Waals surface area contributed by atoms with Crippen LogP contribution in [0.2, 0.25) is 0 Å². The van der Waals surface area contributed by atoms with Crippen LogP contribution in [0.3, 0.4) is 0 Å². The van der Waals surface area contributed by atoms with Gasteiger partial charge in [-0.3, -0.25) is 9.59 Å². The third-order valence-electron chi connectivity index (χ3n) is 8.56. The molecular weight excluding hydrogens is 596 g/mol. The first-order valence-electron chi connectivity index (χ1n) is 15.1. The van der Waals surface area contributed by atoms with Crippen LogP contribution in [0.5, 0.6) is 5.75 Å². The van der Waals surface area contributed by atoms with Gasteiger partial charge in [0.25, 0.3) is 11.8 Å². The number of amides is 2. The Morgan fingerprint density at radius 2 is 1.83 bits per heavy atom. The van der Waals surface area contributed by atoms with E-state index in [1.165, 1.54) is 28.8 Å². The number of carboxylic acid groups (broad SMARTS) is 1. The topological polar surface area (TPSA) is 131 Å².